The lowest BCUT2D eigenvalue weighted by molar-refractivity contribution is 0.0708. The number of amides is 1. The molecule has 0 aromatic carbocycles. The van der Waals surface area contributed by atoms with E-state index in [1.165, 1.54) is 0 Å². The van der Waals surface area contributed by atoms with Gasteiger partial charge in [-0.2, -0.15) is 5.10 Å². The Morgan fingerprint density at radius 3 is 3.06 bits per heavy atom. The number of carbonyl (C=O) groups is 1. The van der Waals surface area contributed by atoms with Gasteiger partial charge < -0.3 is 10.1 Å². The van der Waals surface area contributed by atoms with Crippen LogP contribution >= 0.6 is 15.9 Å². The first-order chi connectivity index (χ1) is 8.08. The molecule has 1 aromatic rings. The van der Waals surface area contributed by atoms with E-state index in [4.69, 9.17) is 4.74 Å². The van der Waals surface area contributed by atoms with Gasteiger partial charge in [0.2, 0.25) is 0 Å². The largest absolute Gasteiger partial charge is 0.376 e. The summed E-state index contributed by atoms with van der Waals surface area (Å²) in [5.41, 5.74) is 0.414. The zero-order chi connectivity index (χ0) is 12.4. The fourth-order valence-electron chi connectivity index (χ4n) is 1.98. The van der Waals surface area contributed by atoms with Gasteiger partial charge in [0, 0.05) is 19.9 Å². The van der Waals surface area contributed by atoms with E-state index in [1.54, 1.807) is 17.9 Å². The predicted molar refractivity (Wildman–Crippen MR) is 66.8 cm³/mol. The van der Waals surface area contributed by atoms with E-state index in [1.807, 2.05) is 6.92 Å². The number of hydrogen-bond donors (Lipinski definition) is 1. The van der Waals surface area contributed by atoms with Gasteiger partial charge in [0.1, 0.15) is 0 Å². The Hall–Kier alpha value is -0.880. The lowest BCUT2D eigenvalue weighted by Gasteiger charge is -2.19. The normalized spacial score (nSPS) is 21.5. The molecule has 6 heteroatoms. The van der Waals surface area contributed by atoms with Crippen LogP contribution in [0.25, 0.3) is 0 Å². The van der Waals surface area contributed by atoms with E-state index < -0.39 is 0 Å². The van der Waals surface area contributed by atoms with Gasteiger partial charge in [-0.1, -0.05) is 0 Å². The van der Waals surface area contributed by atoms with Crippen LogP contribution in [0.15, 0.2) is 10.7 Å². The molecule has 0 aliphatic carbocycles. The quantitative estimate of drug-likeness (QED) is 0.920. The Balaban J connectivity index is 1.98. The van der Waals surface area contributed by atoms with Gasteiger partial charge in [-0.15, -0.1) is 0 Å². The summed E-state index contributed by atoms with van der Waals surface area (Å²) in [4.78, 5) is 12.0. The second kappa shape index (κ2) is 5.18. The minimum Gasteiger partial charge on any atom is -0.376 e. The van der Waals surface area contributed by atoms with E-state index >= 15 is 0 Å². The number of carbonyl (C=O) groups excluding carboxylic acids is 1. The van der Waals surface area contributed by atoms with E-state index in [2.05, 4.69) is 26.3 Å². The third-order valence-electron chi connectivity index (χ3n) is 2.88. The molecule has 1 N–H and O–H groups in total. The van der Waals surface area contributed by atoms with E-state index in [0.717, 1.165) is 19.4 Å². The maximum absolute atomic E-state index is 12.0. The Kier molecular flexibility index (Phi) is 3.83. The highest BCUT2D eigenvalue weighted by atomic mass is 79.9. The summed E-state index contributed by atoms with van der Waals surface area (Å²) in [6.45, 7) is 2.75. The third-order valence-corrected chi connectivity index (χ3v) is 3.46. The molecular formula is C11H16BrN3O2. The van der Waals surface area contributed by atoms with E-state index in [9.17, 15) is 4.79 Å². The summed E-state index contributed by atoms with van der Waals surface area (Å²) < 4.78 is 7.85. The standard InChI is InChI=1S/C11H16BrN3O2/c1-7(9-4-3-5-17-9)13-11(16)10-8(12)6-15(2)14-10/h6-7,9H,3-5H2,1-2H3,(H,13,16)/t7-,9-/m0/s1. The maximum Gasteiger partial charge on any atom is 0.273 e. The van der Waals surface area contributed by atoms with Gasteiger partial charge in [0.05, 0.1) is 16.6 Å². The molecule has 2 rings (SSSR count). The Morgan fingerprint density at radius 2 is 2.53 bits per heavy atom. The third kappa shape index (κ3) is 2.87. The van der Waals surface area contributed by atoms with Crippen LogP contribution < -0.4 is 5.32 Å². The number of rotatable bonds is 3. The first-order valence-electron chi connectivity index (χ1n) is 5.69. The second-order valence-corrected chi connectivity index (χ2v) is 5.17. The van der Waals surface area contributed by atoms with Crippen molar-refractivity contribution in [2.75, 3.05) is 6.61 Å². The molecule has 0 bridgehead atoms. The molecule has 1 saturated heterocycles. The van der Waals surface area contributed by atoms with Crippen LogP contribution in [0.4, 0.5) is 0 Å². The molecule has 1 aliphatic heterocycles. The second-order valence-electron chi connectivity index (χ2n) is 4.31. The minimum atomic E-state index is -0.166. The summed E-state index contributed by atoms with van der Waals surface area (Å²) in [6, 6.07) is 0.0129. The summed E-state index contributed by atoms with van der Waals surface area (Å²) >= 11 is 3.32. The minimum absolute atomic E-state index is 0.0129. The Morgan fingerprint density at radius 1 is 1.76 bits per heavy atom. The summed E-state index contributed by atoms with van der Waals surface area (Å²) in [5, 5.41) is 7.03. The molecule has 2 heterocycles. The topological polar surface area (TPSA) is 56.2 Å². The lowest BCUT2D eigenvalue weighted by atomic mass is 10.1. The molecule has 94 valence electrons. The first kappa shape index (κ1) is 12.6. The van der Waals surface area contributed by atoms with Crippen molar-refractivity contribution in [2.45, 2.75) is 31.9 Å². The Labute approximate surface area is 109 Å². The van der Waals surface area contributed by atoms with Crippen LogP contribution in [0.3, 0.4) is 0 Å². The number of ether oxygens (including phenoxy) is 1. The van der Waals surface area contributed by atoms with Crippen LogP contribution in [0.1, 0.15) is 30.3 Å². The summed E-state index contributed by atoms with van der Waals surface area (Å²) in [5.74, 6) is -0.166. The highest BCUT2D eigenvalue weighted by Gasteiger charge is 2.25. The fourth-order valence-corrected chi connectivity index (χ4v) is 2.53. The number of halogens is 1. The molecule has 2 atom stereocenters. The zero-order valence-corrected chi connectivity index (χ0v) is 11.5. The molecular weight excluding hydrogens is 286 g/mol. The van der Waals surface area contributed by atoms with Crippen molar-refractivity contribution in [1.29, 1.82) is 0 Å². The van der Waals surface area contributed by atoms with Gasteiger partial charge in [0.25, 0.3) is 5.91 Å². The van der Waals surface area contributed by atoms with Crippen LogP contribution in [0.5, 0.6) is 0 Å². The molecule has 0 radical (unpaired) electrons. The van der Waals surface area contributed by atoms with Crippen molar-refractivity contribution >= 4 is 21.8 Å². The number of nitrogens with one attached hydrogen (secondary N) is 1. The smallest absolute Gasteiger partial charge is 0.273 e. The molecule has 0 saturated carbocycles. The average Bonchev–Trinajstić information content (AvgIpc) is 2.87. The van der Waals surface area contributed by atoms with Crippen molar-refractivity contribution in [3.8, 4) is 0 Å². The average molecular weight is 302 g/mol. The lowest BCUT2D eigenvalue weighted by Crippen LogP contribution is -2.41. The van der Waals surface area contributed by atoms with Crippen molar-refractivity contribution < 1.29 is 9.53 Å². The fraction of sp³-hybridized carbons (Fsp3) is 0.636. The van der Waals surface area contributed by atoms with Gasteiger partial charge >= 0.3 is 0 Å². The highest BCUT2D eigenvalue weighted by molar-refractivity contribution is 9.10. The number of hydrogen-bond acceptors (Lipinski definition) is 3. The molecule has 1 fully saturated rings. The van der Waals surface area contributed by atoms with Crippen LogP contribution in [0.2, 0.25) is 0 Å². The van der Waals surface area contributed by atoms with Gasteiger partial charge in [-0.3, -0.25) is 9.48 Å². The first-order valence-corrected chi connectivity index (χ1v) is 6.49. The number of aromatic nitrogens is 2. The van der Waals surface area contributed by atoms with Crippen molar-refractivity contribution in [2.24, 2.45) is 7.05 Å². The molecule has 1 aliphatic rings. The van der Waals surface area contributed by atoms with Crippen molar-refractivity contribution in [1.82, 2.24) is 15.1 Å². The molecule has 0 unspecified atom stereocenters. The molecule has 1 aromatic heterocycles. The highest BCUT2D eigenvalue weighted by Crippen LogP contribution is 2.17. The molecule has 17 heavy (non-hydrogen) atoms. The zero-order valence-electron chi connectivity index (χ0n) is 9.94. The van der Waals surface area contributed by atoms with Crippen molar-refractivity contribution in [3.05, 3.63) is 16.4 Å². The van der Waals surface area contributed by atoms with Crippen molar-refractivity contribution in [3.63, 3.8) is 0 Å². The predicted octanol–water partition coefficient (Wildman–Crippen LogP) is 1.48. The van der Waals surface area contributed by atoms with Gasteiger partial charge in [-0.25, -0.2) is 0 Å². The molecule has 1 amide bonds. The van der Waals surface area contributed by atoms with Crippen LogP contribution in [0, 0.1) is 0 Å². The summed E-state index contributed by atoms with van der Waals surface area (Å²) in [6.07, 6.45) is 3.95. The molecule has 5 nitrogen and oxygen atoms in total. The van der Waals surface area contributed by atoms with Gasteiger partial charge in [-0.05, 0) is 35.7 Å². The van der Waals surface area contributed by atoms with Crippen LogP contribution in [-0.2, 0) is 11.8 Å². The maximum atomic E-state index is 12.0. The monoisotopic (exact) mass is 301 g/mol. The number of nitrogens with zero attached hydrogens (tertiary/aromatic N) is 2. The molecule has 0 spiro atoms. The Bertz CT molecular complexity index is 413. The summed E-state index contributed by atoms with van der Waals surface area (Å²) in [7, 11) is 1.78. The van der Waals surface area contributed by atoms with Crippen LogP contribution in [-0.4, -0.2) is 34.4 Å². The van der Waals surface area contributed by atoms with E-state index in [-0.39, 0.29) is 18.1 Å². The SMILES string of the molecule is C[C@H](NC(=O)c1nn(C)cc1Br)[C@@H]1CCCO1. The van der Waals surface area contributed by atoms with E-state index in [0.29, 0.717) is 10.2 Å². The van der Waals surface area contributed by atoms with Gasteiger partial charge in [0.15, 0.2) is 5.69 Å². The number of aryl methyl sites for hydroxylation is 1.